The number of hydrogen-bond donors (Lipinski definition) is 0. The molecule has 1 aromatic rings. The maximum atomic E-state index is 13.0. The molecule has 104 valence electrons. The van der Waals surface area contributed by atoms with Crippen LogP contribution in [0, 0.1) is 5.82 Å². The van der Waals surface area contributed by atoms with Crippen molar-refractivity contribution in [2.75, 3.05) is 7.11 Å². The van der Waals surface area contributed by atoms with Crippen molar-refractivity contribution >= 4 is 11.8 Å². The number of ether oxygens (including phenoxy) is 1. The summed E-state index contributed by atoms with van der Waals surface area (Å²) in [7, 11) is 1.08. The molecule has 0 unspecified atom stereocenters. The molecule has 0 fully saturated rings. The molecule has 1 rings (SSSR count). The van der Waals surface area contributed by atoms with Crippen molar-refractivity contribution < 1.29 is 31.9 Å². The minimum atomic E-state index is -4.69. The second-order valence-corrected chi connectivity index (χ2v) is 3.81. The monoisotopic (exact) mass is 278 g/mol. The first-order valence-corrected chi connectivity index (χ1v) is 5.17. The van der Waals surface area contributed by atoms with Gasteiger partial charge in [-0.2, -0.15) is 13.2 Å². The fourth-order valence-corrected chi connectivity index (χ4v) is 1.44. The lowest BCUT2D eigenvalue weighted by Crippen LogP contribution is -2.12. The Bertz CT molecular complexity index is 494. The third-order valence-electron chi connectivity index (χ3n) is 2.26. The van der Waals surface area contributed by atoms with Gasteiger partial charge in [0, 0.05) is 6.42 Å². The number of esters is 1. The van der Waals surface area contributed by atoms with Gasteiger partial charge in [-0.15, -0.1) is 0 Å². The quantitative estimate of drug-likeness (QED) is 0.483. The fraction of sp³-hybridized carbons (Fsp3) is 0.333. The van der Waals surface area contributed by atoms with E-state index in [9.17, 15) is 27.2 Å². The molecule has 0 aliphatic rings. The van der Waals surface area contributed by atoms with Crippen LogP contribution in [0.5, 0.6) is 0 Å². The molecule has 0 N–H and O–H groups in total. The minimum Gasteiger partial charge on any atom is -0.469 e. The fourth-order valence-electron chi connectivity index (χ4n) is 1.44. The first-order valence-electron chi connectivity index (χ1n) is 5.17. The van der Waals surface area contributed by atoms with E-state index in [-0.39, 0.29) is 5.56 Å². The minimum absolute atomic E-state index is 0.138. The summed E-state index contributed by atoms with van der Waals surface area (Å²) in [6.07, 6.45) is -5.72. The van der Waals surface area contributed by atoms with E-state index in [0.29, 0.717) is 12.1 Å². The van der Waals surface area contributed by atoms with Gasteiger partial charge in [0.25, 0.3) is 0 Å². The van der Waals surface area contributed by atoms with Crippen molar-refractivity contribution in [2.24, 2.45) is 0 Å². The second-order valence-electron chi connectivity index (χ2n) is 3.81. The number of hydrogen-bond acceptors (Lipinski definition) is 3. The number of carbonyl (C=O) groups excluding carboxylic acids is 2. The maximum Gasteiger partial charge on any atom is 0.416 e. The van der Waals surface area contributed by atoms with Gasteiger partial charge in [-0.1, -0.05) is 0 Å². The summed E-state index contributed by atoms with van der Waals surface area (Å²) in [6.45, 7) is 0. The first-order chi connectivity index (χ1) is 8.72. The number of ketones is 1. The van der Waals surface area contributed by atoms with E-state index in [4.69, 9.17) is 0 Å². The third-order valence-corrected chi connectivity index (χ3v) is 2.26. The Balaban J connectivity index is 2.87. The van der Waals surface area contributed by atoms with Crippen LogP contribution in [0.2, 0.25) is 0 Å². The molecular weight excluding hydrogens is 268 g/mol. The Morgan fingerprint density at radius 3 is 2.37 bits per heavy atom. The molecule has 1 aromatic carbocycles. The van der Waals surface area contributed by atoms with Gasteiger partial charge >= 0.3 is 12.1 Å². The van der Waals surface area contributed by atoms with Crippen LogP contribution in [-0.4, -0.2) is 18.9 Å². The van der Waals surface area contributed by atoms with Crippen LogP contribution < -0.4 is 0 Å². The van der Waals surface area contributed by atoms with Crippen molar-refractivity contribution in [3.05, 3.63) is 35.1 Å². The SMILES string of the molecule is COC(=O)CC(=O)Cc1cc(F)cc(C(F)(F)F)c1. The molecule has 0 spiro atoms. The Morgan fingerprint density at radius 2 is 1.84 bits per heavy atom. The summed E-state index contributed by atoms with van der Waals surface area (Å²) in [5, 5.41) is 0. The number of Topliss-reactive ketones (excluding diaryl/α,β-unsaturated/α-hetero) is 1. The highest BCUT2D eigenvalue weighted by atomic mass is 19.4. The molecular formula is C12H10F4O3. The van der Waals surface area contributed by atoms with E-state index in [2.05, 4.69) is 4.74 Å². The van der Waals surface area contributed by atoms with Gasteiger partial charge in [0.2, 0.25) is 0 Å². The van der Waals surface area contributed by atoms with Crippen LogP contribution in [-0.2, 0) is 26.9 Å². The van der Waals surface area contributed by atoms with Crippen LogP contribution in [0.15, 0.2) is 18.2 Å². The Hall–Kier alpha value is -1.92. The van der Waals surface area contributed by atoms with Gasteiger partial charge in [-0.25, -0.2) is 4.39 Å². The molecule has 0 aromatic heterocycles. The number of methoxy groups -OCH3 is 1. The van der Waals surface area contributed by atoms with E-state index in [1.54, 1.807) is 0 Å². The van der Waals surface area contributed by atoms with Crippen molar-refractivity contribution in [1.82, 2.24) is 0 Å². The number of benzene rings is 1. The summed E-state index contributed by atoms with van der Waals surface area (Å²) in [5.41, 5.74) is -1.31. The molecule has 0 saturated carbocycles. The summed E-state index contributed by atoms with van der Waals surface area (Å²) in [5.74, 6) is -2.53. The lowest BCUT2D eigenvalue weighted by Gasteiger charge is -2.09. The topological polar surface area (TPSA) is 43.4 Å². The molecule has 0 radical (unpaired) electrons. The van der Waals surface area contributed by atoms with Gasteiger partial charge in [-0.3, -0.25) is 9.59 Å². The molecule has 7 heteroatoms. The molecule has 0 aliphatic carbocycles. The lowest BCUT2D eigenvalue weighted by molar-refractivity contribution is -0.143. The zero-order chi connectivity index (χ0) is 14.6. The van der Waals surface area contributed by atoms with Crippen molar-refractivity contribution in [2.45, 2.75) is 19.0 Å². The summed E-state index contributed by atoms with van der Waals surface area (Å²) in [4.78, 5) is 22.2. The molecule has 0 atom stereocenters. The molecule has 0 bridgehead atoms. The maximum absolute atomic E-state index is 13.0. The smallest absolute Gasteiger partial charge is 0.416 e. The van der Waals surface area contributed by atoms with Crippen molar-refractivity contribution in [3.8, 4) is 0 Å². The van der Waals surface area contributed by atoms with E-state index in [1.165, 1.54) is 0 Å². The molecule has 3 nitrogen and oxygen atoms in total. The van der Waals surface area contributed by atoms with Crippen LogP contribution >= 0.6 is 0 Å². The Labute approximate surface area is 106 Å². The predicted molar refractivity (Wildman–Crippen MR) is 56.7 cm³/mol. The highest BCUT2D eigenvalue weighted by Crippen LogP contribution is 2.30. The summed E-state index contributed by atoms with van der Waals surface area (Å²) >= 11 is 0. The third kappa shape index (κ3) is 4.69. The number of carbonyl (C=O) groups is 2. The normalized spacial score (nSPS) is 11.2. The van der Waals surface area contributed by atoms with Crippen LogP contribution in [0.4, 0.5) is 17.6 Å². The first kappa shape index (κ1) is 15.1. The van der Waals surface area contributed by atoms with E-state index >= 15 is 0 Å². The van der Waals surface area contributed by atoms with E-state index < -0.39 is 42.2 Å². The van der Waals surface area contributed by atoms with E-state index in [0.717, 1.165) is 13.2 Å². The Kier molecular flexibility index (Phi) is 4.63. The average molecular weight is 278 g/mol. The number of halogens is 4. The van der Waals surface area contributed by atoms with Gasteiger partial charge < -0.3 is 4.74 Å². The highest BCUT2D eigenvalue weighted by molar-refractivity contribution is 5.96. The summed E-state index contributed by atoms with van der Waals surface area (Å²) in [6, 6.07) is 1.84. The molecule has 0 aliphatic heterocycles. The second kappa shape index (κ2) is 5.81. The molecule has 0 heterocycles. The van der Waals surface area contributed by atoms with Crippen molar-refractivity contribution in [3.63, 3.8) is 0 Å². The highest BCUT2D eigenvalue weighted by Gasteiger charge is 2.31. The van der Waals surface area contributed by atoms with Gasteiger partial charge in [0.15, 0.2) is 0 Å². The standard InChI is InChI=1S/C12H10F4O3/c1-19-11(18)6-10(17)4-7-2-8(12(14,15)16)5-9(13)3-7/h2-3,5H,4,6H2,1H3. The summed E-state index contributed by atoms with van der Waals surface area (Å²) < 4.78 is 54.6. The van der Waals surface area contributed by atoms with Crippen LogP contribution in [0.25, 0.3) is 0 Å². The molecule has 0 saturated heterocycles. The molecule has 19 heavy (non-hydrogen) atoms. The largest absolute Gasteiger partial charge is 0.469 e. The molecule has 0 amide bonds. The van der Waals surface area contributed by atoms with Crippen LogP contribution in [0.1, 0.15) is 17.5 Å². The zero-order valence-electron chi connectivity index (χ0n) is 9.88. The van der Waals surface area contributed by atoms with Gasteiger partial charge in [0.05, 0.1) is 12.7 Å². The van der Waals surface area contributed by atoms with Crippen LogP contribution in [0.3, 0.4) is 0 Å². The van der Waals surface area contributed by atoms with E-state index in [1.807, 2.05) is 0 Å². The number of alkyl halides is 3. The number of rotatable bonds is 4. The van der Waals surface area contributed by atoms with Gasteiger partial charge in [-0.05, 0) is 23.8 Å². The Morgan fingerprint density at radius 1 is 1.21 bits per heavy atom. The lowest BCUT2D eigenvalue weighted by atomic mass is 10.0. The zero-order valence-corrected chi connectivity index (χ0v) is 9.88. The average Bonchev–Trinajstić information content (AvgIpc) is 2.26. The predicted octanol–water partition coefficient (Wildman–Crippen LogP) is 2.52. The van der Waals surface area contributed by atoms with Gasteiger partial charge in [0.1, 0.15) is 18.0 Å². The van der Waals surface area contributed by atoms with Crippen molar-refractivity contribution in [1.29, 1.82) is 0 Å².